The molecule has 0 unspecified atom stereocenters. The van der Waals surface area contributed by atoms with E-state index >= 15 is 0 Å². The molecule has 1 saturated heterocycles. The minimum absolute atomic E-state index is 0.156. The largest absolute Gasteiger partial charge is 0.394 e. The second kappa shape index (κ2) is 6.97. The topological polar surface area (TPSA) is 88.4 Å². The molecule has 3 N–H and O–H groups in total. The van der Waals surface area contributed by atoms with Gasteiger partial charge in [0.25, 0.3) is 0 Å². The maximum absolute atomic E-state index is 10.2. The Morgan fingerprint density at radius 2 is 1.89 bits per heavy atom. The van der Waals surface area contributed by atoms with E-state index < -0.39 is 23.7 Å². The molecule has 0 aliphatic carbocycles. The lowest BCUT2D eigenvalue weighted by molar-refractivity contribution is -0.243. The Morgan fingerprint density at radius 3 is 2.37 bits per heavy atom. The lowest BCUT2D eigenvalue weighted by Gasteiger charge is -2.48. The first-order chi connectivity index (χ1) is 8.88. The van der Waals surface area contributed by atoms with E-state index in [-0.39, 0.29) is 18.8 Å². The molecule has 5 atom stereocenters. The number of aliphatic hydroxyl groups excluding tert-OH is 3. The molecule has 1 aliphatic heterocycles. The van der Waals surface area contributed by atoms with Crippen molar-refractivity contribution in [1.82, 2.24) is 0 Å². The number of aliphatic hydroxyl groups is 3. The third-order valence-electron chi connectivity index (χ3n) is 3.98. The third kappa shape index (κ3) is 3.65. The maximum atomic E-state index is 10.2. The zero-order valence-corrected chi connectivity index (χ0v) is 12.1. The summed E-state index contributed by atoms with van der Waals surface area (Å²) in [6.45, 7) is 3.76. The minimum atomic E-state index is -1.08. The summed E-state index contributed by atoms with van der Waals surface area (Å²) < 4.78 is 16.1. The van der Waals surface area contributed by atoms with Gasteiger partial charge < -0.3 is 29.5 Å². The van der Waals surface area contributed by atoms with Gasteiger partial charge in [0, 0.05) is 26.1 Å². The van der Waals surface area contributed by atoms with E-state index in [2.05, 4.69) is 0 Å². The van der Waals surface area contributed by atoms with Crippen molar-refractivity contribution in [3.05, 3.63) is 0 Å². The molecule has 0 radical (unpaired) electrons. The predicted molar refractivity (Wildman–Crippen MR) is 68.8 cm³/mol. The monoisotopic (exact) mass is 278 g/mol. The van der Waals surface area contributed by atoms with E-state index in [0.717, 1.165) is 0 Å². The molecule has 0 aromatic rings. The van der Waals surface area contributed by atoms with Crippen LogP contribution in [0.3, 0.4) is 0 Å². The smallest absolute Gasteiger partial charge is 0.109 e. The Labute approximate surface area is 114 Å². The van der Waals surface area contributed by atoms with Crippen LogP contribution in [0.1, 0.15) is 20.3 Å². The molecule has 0 spiro atoms. The Balaban J connectivity index is 2.79. The van der Waals surface area contributed by atoms with Crippen LogP contribution in [0.4, 0.5) is 0 Å². The molecule has 1 heterocycles. The molecule has 0 aromatic carbocycles. The quantitative estimate of drug-likeness (QED) is 0.610. The van der Waals surface area contributed by atoms with Crippen LogP contribution in [0.2, 0.25) is 0 Å². The zero-order chi connectivity index (χ0) is 14.6. The molecule has 6 heteroatoms. The standard InChI is InChI=1S/C13H26O6/c1-13(2)10(5-8(18-4)7-17-3)19-9(6-14)11(15)12(13)16/h8-12,14-16H,5-7H2,1-4H3/t8-,9+,10+,11-,12-/m0/s1. The van der Waals surface area contributed by atoms with Crippen molar-refractivity contribution in [2.24, 2.45) is 5.41 Å². The number of rotatable bonds is 6. The molecule has 19 heavy (non-hydrogen) atoms. The van der Waals surface area contributed by atoms with Gasteiger partial charge in [0.1, 0.15) is 12.2 Å². The molecule has 1 rings (SSSR count). The van der Waals surface area contributed by atoms with E-state index in [9.17, 15) is 15.3 Å². The van der Waals surface area contributed by atoms with Crippen LogP contribution in [0.25, 0.3) is 0 Å². The second-order valence-electron chi connectivity index (χ2n) is 5.65. The summed E-state index contributed by atoms with van der Waals surface area (Å²) in [5.74, 6) is 0. The van der Waals surface area contributed by atoms with Crippen molar-refractivity contribution in [1.29, 1.82) is 0 Å². The molecule has 1 aliphatic rings. The van der Waals surface area contributed by atoms with E-state index in [4.69, 9.17) is 14.2 Å². The summed E-state index contributed by atoms with van der Waals surface area (Å²) in [6.07, 6.45) is -2.77. The summed E-state index contributed by atoms with van der Waals surface area (Å²) >= 11 is 0. The number of hydrogen-bond acceptors (Lipinski definition) is 6. The van der Waals surface area contributed by atoms with E-state index in [1.807, 2.05) is 13.8 Å². The molecular formula is C13H26O6. The van der Waals surface area contributed by atoms with Crippen LogP contribution >= 0.6 is 0 Å². The summed E-state index contributed by atoms with van der Waals surface area (Å²) in [7, 11) is 3.18. The van der Waals surface area contributed by atoms with Gasteiger partial charge in [-0.2, -0.15) is 0 Å². The van der Waals surface area contributed by atoms with Crippen molar-refractivity contribution in [2.45, 2.75) is 50.8 Å². The van der Waals surface area contributed by atoms with Crippen LogP contribution in [-0.2, 0) is 14.2 Å². The van der Waals surface area contributed by atoms with E-state index in [0.29, 0.717) is 13.0 Å². The van der Waals surface area contributed by atoms with Gasteiger partial charge in [-0.05, 0) is 0 Å². The van der Waals surface area contributed by atoms with Gasteiger partial charge in [-0.15, -0.1) is 0 Å². The van der Waals surface area contributed by atoms with Gasteiger partial charge in [0.2, 0.25) is 0 Å². The highest BCUT2D eigenvalue weighted by molar-refractivity contribution is 4.98. The fourth-order valence-electron chi connectivity index (χ4n) is 2.47. The molecule has 6 nitrogen and oxygen atoms in total. The van der Waals surface area contributed by atoms with Gasteiger partial charge >= 0.3 is 0 Å². The highest BCUT2D eigenvalue weighted by Gasteiger charge is 2.49. The molecule has 0 bridgehead atoms. The molecule has 114 valence electrons. The van der Waals surface area contributed by atoms with Gasteiger partial charge in [-0.3, -0.25) is 0 Å². The highest BCUT2D eigenvalue weighted by Crippen LogP contribution is 2.38. The van der Waals surface area contributed by atoms with Gasteiger partial charge in [-0.1, -0.05) is 13.8 Å². The first-order valence-corrected chi connectivity index (χ1v) is 6.52. The molecule has 0 amide bonds. The first-order valence-electron chi connectivity index (χ1n) is 6.52. The van der Waals surface area contributed by atoms with Crippen LogP contribution in [0.15, 0.2) is 0 Å². The summed E-state index contributed by atoms with van der Waals surface area (Å²) in [5.41, 5.74) is -0.629. The molecule has 0 saturated carbocycles. The first kappa shape index (κ1) is 16.8. The van der Waals surface area contributed by atoms with Gasteiger partial charge in [-0.25, -0.2) is 0 Å². The van der Waals surface area contributed by atoms with Gasteiger partial charge in [0.05, 0.1) is 31.5 Å². The molecule has 1 fully saturated rings. The minimum Gasteiger partial charge on any atom is -0.394 e. The maximum Gasteiger partial charge on any atom is 0.109 e. The van der Waals surface area contributed by atoms with Crippen LogP contribution in [-0.4, -0.2) is 73.3 Å². The zero-order valence-electron chi connectivity index (χ0n) is 12.1. The normalized spacial score (nSPS) is 36.2. The van der Waals surface area contributed by atoms with E-state index in [1.165, 1.54) is 0 Å². The van der Waals surface area contributed by atoms with Crippen LogP contribution in [0, 0.1) is 5.41 Å². The summed E-state index contributed by atoms with van der Waals surface area (Å²) in [4.78, 5) is 0. The second-order valence-corrected chi connectivity index (χ2v) is 5.65. The van der Waals surface area contributed by atoms with Crippen molar-refractivity contribution in [3.63, 3.8) is 0 Å². The summed E-state index contributed by atoms with van der Waals surface area (Å²) in [6, 6.07) is 0. The average Bonchev–Trinajstić information content (AvgIpc) is 2.38. The third-order valence-corrected chi connectivity index (χ3v) is 3.98. The Morgan fingerprint density at radius 1 is 1.26 bits per heavy atom. The van der Waals surface area contributed by atoms with Crippen molar-refractivity contribution < 1.29 is 29.5 Å². The molecular weight excluding hydrogens is 252 g/mol. The van der Waals surface area contributed by atoms with Crippen LogP contribution < -0.4 is 0 Å². The highest BCUT2D eigenvalue weighted by atomic mass is 16.5. The lowest BCUT2D eigenvalue weighted by atomic mass is 9.73. The van der Waals surface area contributed by atoms with Crippen molar-refractivity contribution >= 4 is 0 Å². The fraction of sp³-hybridized carbons (Fsp3) is 1.00. The Hall–Kier alpha value is -0.240. The average molecular weight is 278 g/mol. The Kier molecular flexibility index (Phi) is 6.16. The van der Waals surface area contributed by atoms with Gasteiger partial charge in [0.15, 0.2) is 0 Å². The lowest BCUT2D eigenvalue weighted by Crippen LogP contribution is -2.60. The van der Waals surface area contributed by atoms with Crippen LogP contribution in [0.5, 0.6) is 0 Å². The van der Waals surface area contributed by atoms with Crippen molar-refractivity contribution in [2.75, 3.05) is 27.4 Å². The number of ether oxygens (including phenoxy) is 3. The number of hydrogen-bond donors (Lipinski definition) is 3. The molecule has 0 aromatic heterocycles. The summed E-state index contributed by atoms with van der Waals surface area (Å²) in [5, 5.41) is 29.3. The predicted octanol–water partition coefficient (Wildman–Crippen LogP) is -0.454. The van der Waals surface area contributed by atoms with Crippen molar-refractivity contribution in [3.8, 4) is 0 Å². The Bertz CT molecular complexity index is 270. The van der Waals surface area contributed by atoms with E-state index in [1.54, 1.807) is 14.2 Å². The fourth-order valence-corrected chi connectivity index (χ4v) is 2.47. The SMILES string of the molecule is COC[C@H](C[C@H]1O[C@H](CO)[C@H](O)[C@H](O)C1(C)C)OC. The number of methoxy groups -OCH3 is 2.